The topological polar surface area (TPSA) is 20.3 Å². The molecule has 0 N–H and O–H groups in total. The number of amides is 1. The predicted molar refractivity (Wildman–Crippen MR) is 74.1 cm³/mol. The van der Waals surface area contributed by atoms with Crippen molar-refractivity contribution in [2.45, 2.75) is 32.0 Å². The summed E-state index contributed by atoms with van der Waals surface area (Å²) in [5.74, 6) is -0.257. The van der Waals surface area contributed by atoms with Crippen LogP contribution < -0.4 is 4.90 Å². The molecule has 0 aliphatic heterocycles. The van der Waals surface area contributed by atoms with Crippen molar-refractivity contribution in [3.8, 4) is 0 Å². The predicted octanol–water partition coefficient (Wildman–Crippen LogP) is 3.85. The Balaban J connectivity index is 3.18. The van der Waals surface area contributed by atoms with E-state index in [1.165, 1.54) is 0 Å². The summed E-state index contributed by atoms with van der Waals surface area (Å²) < 4.78 is 0. The molecule has 0 fully saturated rings. The fourth-order valence-corrected chi connectivity index (χ4v) is 2.14. The number of aryl methyl sites for hydroxylation is 2. The summed E-state index contributed by atoms with van der Waals surface area (Å²) in [4.78, 5) is 12.7. The molecule has 0 aromatic heterocycles. The van der Waals surface area contributed by atoms with E-state index >= 15 is 0 Å². The average molecular weight is 274 g/mol. The average Bonchev–Trinajstić information content (AvgIpc) is 2.26. The van der Waals surface area contributed by atoms with Crippen molar-refractivity contribution in [1.29, 1.82) is 0 Å². The Labute approximate surface area is 113 Å². The number of halogens is 2. The lowest BCUT2D eigenvalue weighted by atomic mass is 10.1. The highest BCUT2D eigenvalue weighted by Gasteiger charge is 2.23. The largest absolute Gasteiger partial charge is 0.310 e. The van der Waals surface area contributed by atoms with Crippen LogP contribution >= 0.6 is 23.2 Å². The van der Waals surface area contributed by atoms with Gasteiger partial charge in [-0.2, -0.15) is 0 Å². The van der Waals surface area contributed by atoms with Crippen molar-refractivity contribution in [2.24, 2.45) is 0 Å². The number of anilines is 1. The second-order valence-corrected chi connectivity index (χ2v) is 5.13. The smallest absolute Gasteiger partial charge is 0.260 e. The second kappa shape index (κ2) is 6.27. The monoisotopic (exact) mass is 273 g/mol. The van der Waals surface area contributed by atoms with Crippen molar-refractivity contribution in [3.05, 3.63) is 29.3 Å². The van der Waals surface area contributed by atoms with E-state index in [4.69, 9.17) is 23.2 Å². The molecule has 0 bridgehead atoms. The number of hydrogen-bond acceptors (Lipinski definition) is 1. The van der Waals surface area contributed by atoms with E-state index in [1.807, 2.05) is 39.0 Å². The summed E-state index contributed by atoms with van der Waals surface area (Å²) >= 11 is 11.4. The second-order valence-electron chi connectivity index (χ2n) is 4.03. The maximum Gasteiger partial charge on any atom is 0.260 e. The van der Waals surface area contributed by atoms with E-state index in [2.05, 4.69) is 0 Å². The van der Waals surface area contributed by atoms with Crippen LogP contribution in [0.3, 0.4) is 0 Å². The molecule has 0 aliphatic carbocycles. The highest BCUT2D eigenvalue weighted by atomic mass is 35.5. The van der Waals surface area contributed by atoms with Crippen LogP contribution in [0.2, 0.25) is 0 Å². The first-order valence-corrected chi connectivity index (χ1v) is 6.52. The van der Waals surface area contributed by atoms with Crippen LogP contribution in [0.4, 0.5) is 5.69 Å². The molecule has 2 nitrogen and oxygen atoms in total. The first-order chi connectivity index (χ1) is 7.99. The normalized spacial score (nSPS) is 10.7. The summed E-state index contributed by atoms with van der Waals surface area (Å²) in [6.07, 6.45) is 0.861. The van der Waals surface area contributed by atoms with Gasteiger partial charge in [0.15, 0.2) is 4.84 Å². The van der Waals surface area contributed by atoms with Gasteiger partial charge in [-0.1, -0.05) is 48.3 Å². The summed E-state index contributed by atoms with van der Waals surface area (Å²) in [5.41, 5.74) is 3.03. The van der Waals surface area contributed by atoms with Crippen LogP contribution in [0.15, 0.2) is 18.2 Å². The zero-order chi connectivity index (χ0) is 13.0. The lowest BCUT2D eigenvalue weighted by molar-refractivity contribution is -0.117. The molecule has 0 saturated carbocycles. The van der Waals surface area contributed by atoms with Gasteiger partial charge in [-0.25, -0.2) is 0 Å². The summed E-state index contributed by atoms with van der Waals surface area (Å²) in [7, 11) is 0. The van der Waals surface area contributed by atoms with E-state index in [1.54, 1.807) is 4.90 Å². The Morgan fingerprint density at radius 1 is 1.29 bits per heavy atom. The molecule has 0 heterocycles. The molecule has 0 spiro atoms. The minimum absolute atomic E-state index is 0.257. The van der Waals surface area contributed by atoms with Gasteiger partial charge in [0.05, 0.1) is 0 Å². The molecule has 0 aliphatic rings. The standard InChI is InChI=1S/C13H17Cl2NO/c1-4-8-16(13(17)12(14)15)11-9(2)6-5-7-10(11)3/h5-7,12H,4,8H2,1-3H3. The number of alkyl halides is 2. The Morgan fingerprint density at radius 3 is 2.24 bits per heavy atom. The number of para-hydroxylation sites is 1. The molecule has 0 radical (unpaired) electrons. The van der Waals surface area contributed by atoms with E-state index in [-0.39, 0.29) is 5.91 Å². The third kappa shape index (κ3) is 3.36. The minimum atomic E-state index is -1.01. The highest BCUT2D eigenvalue weighted by molar-refractivity contribution is 6.54. The molecule has 17 heavy (non-hydrogen) atoms. The number of nitrogens with zero attached hydrogens (tertiary/aromatic N) is 1. The van der Waals surface area contributed by atoms with E-state index in [0.717, 1.165) is 23.2 Å². The van der Waals surface area contributed by atoms with E-state index < -0.39 is 4.84 Å². The number of carbonyl (C=O) groups excluding carboxylic acids is 1. The molecule has 1 amide bonds. The third-order valence-electron chi connectivity index (χ3n) is 2.61. The number of carbonyl (C=O) groups is 1. The van der Waals surface area contributed by atoms with Crippen LogP contribution in [-0.2, 0) is 4.79 Å². The lowest BCUT2D eigenvalue weighted by Gasteiger charge is -2.26. The van der Waals surface area contributed by atoms with Crippen LogP contribution in [0, 0.1) is 13.8 Å². The first kappa shape index (κ1) is 14.3. The molecule has 0 unspecified atom stereocenters. The molecule has 1 rings (SSSR count). The Hall–Kier alpha value is -0.730. The van der Waals surface area contributed by atoms with E-state index in [0.29, 0.717) is 6.54 Å². The van der Waals surface area contributed by atoms with Crippen molar-refractivity contribution in [3.63, 3.8) is 0 Å². The number of benzene rings is 1. The van der Waals surface area contributed by atoms with Gasteiger partial charge in [0.2, 0.25) is 0 Å². The Morgan fingerprint density at radius 2 is 1.82 bits per heavy atom. The molecule has 0 saturated heterocycles. The number of rotatable bonds is 4. The molecule has 4 heteroatoms. The van der Waals surface area contributed by atoms with Gasteiger partial charge in [0, 0.05) is 12.2 Å². The maximum absolute atomic E-state index is 12.0. The van der Waals surface area contributed by atoms with Crippen LogP contribution in [0.5, 0.6) is 0 Å². The van der Waals surface area contributed by atoms with Crippen LogP contribution in [-0.4, -0.2) is 17.3 Å². The summed E-state index contributed by atoms with van der Waals surface area (Å²) in [6.45, 7) is 6.61. The molecular weight excluding hydrogens is 257 g/mol. The molecule has 0 atom stereocenters. The Kier molecular flexibility index (Phi) is 5.29. The highest BCUT2D eigenvalue weighted by Crippen LogP contribution is 2.26. The van der Waals surface area contributed by atoms with Gasteiger partial charge in [0.1, 0.15) is 0 Å². The van der Waals surface area contributed by atoms with Crippen molar-refractivity contribution >= 4 is 34.8 Å². The summed E-state index contributed by atoms with van der Waals surface area (Å²) in [5, 5.41) is 0. The Bertz CT molecular complexity index is 384. The van der Waals surface area contributed by atoms with Gasteiger partial charge in [0.25, 0.3) is 5.91 Å². The summed E-state index contributed by atoms with van der Waals surface area (Å²) in [6, 6.07) is 5.94. The van der Waals surface area contributed by atoms with Crippen molar-refractivity contribution < 1.29 is 4.79 Å². The third-order valence-corrected chi connectivity index (χ3v) is 2.98. The quantitative estimate of drug-likeness (QED) is 0.764. The van der Waals surface area contributed by atoms with Gasteiger partial charge < -0.3 is 4.90 Å². The zero-order valence-corrected chi connectivity index (χ0v) is 11.8. The van der Waals surface area contributed by atoms with Crippen molar-refractivity contribution in [2.75, 3.05) is 11.4 Å². The van der Waals surface area contributed by atoms with Gasteiger partial charge >= 0.3 is 0 Å². The maximum atomic E-state index is 12.0. The fourth-order valence-electron chi connectivity index (χ4n) is 1.91. The molecular formula is C13H17Cl2NO. The molecule has 94 valence electrons. The fraction of sp³-hybridized carbons (Fsp3) is 0.462. The van der Waals surface area contributed by atoms with E-state index in [9.17, 15) is 4.79 Å². The molecule has 1 aromatic rings. The minimum Gasteiger partial charge on any atom is -0.310 e. The van der Waals surface area contributed by atoms with Gasteiger partial charge in [-0.15, -0.1) is 0 Å². The van der Waals surface area contributed by atoms with Crippen LogP contribution in [0.1, 0.15) is 24.5 Å². The SMILES string of the molecule is CCCN(C(=O)C(Cl)Cl)c1c(C)cccc1C. The first-order valence-electron chi connectivity index (χ1n) is 5.64. The van der Waals surface area contributed by atoms with Crippen molar-refractivity contribution in [1.82, 2.24) is 0 Å². The van der Waals surface area contributed by atoms with Crippen LogP contribution in [0.25, 0.3) is 0 Å². The molecule has 1 aromatic carbocycles. The lowest BCUT2D eigenvalue weighted by Crippen LogP contribution is -2.36. The van der Waals surface area contributed by atoms with Gasteiger partial charge in [-0.05, 0) is 31.4 Å². The number of hydrogen-bond donors (Lipinski definition) is 0. The zero-order valence-electron chi connectivity index (χ0n) is 10.3. The van der Waals surface area contributed by atoms with Gasteiger partial charge in [-0.3, -0.25) is 4.79 Å².